The monoisotopic (exact) mass is 434 g/mol. The van der Waals surface area contributed by atoms with Gasteiger partial charge in [0, 0.05) is 29.7 Å². The first kappa shape index (κ1) is 20.0. The summed E-state index contributed by atoms with van der Waals surface area (Å²) < 4.78 is 41.9. The summed E-state index contributed by atoms with van der Waals surface area (Å²) in [6.45, 7) is 1.83. The third-order valence-electron chi connectivity index (χ3n) is 7.24. The average Bonchev–Trinajstić information content (AvgIpc) is 3.10. The second-order valence-electron chi connectivity index (χ2n) is 8.67. The van der Waals surface area contributed by atoms with Crippen LogP contribution in [0.25, 0.3) is 10.9 Å². The van der Waals surface area contributed by atoms with Gasteiger partial charge in [-0.3, -0.25) is 14.2 Å². The number of carbonyl (C=O) groups is 1. The van der Waals surface area contributed by atoms with Gasteiger partial charge in [-0.05, 0) is 49.1 Å². The van der Waals surface area contributed by atoms with E-state index in [0.717, 1.165) is 37.9 Å². The van der Waals surface area contributed by atoms with Crippen LogP contribution in [-0.4, -0.2) is 55.1 Å². The molecule has 0 bridgehead atoms. The van der Waals surface area contributed by atoms with E-state index >= 15 is 0 Å². The fraction of sp³-hybridized carbons (Fsp3) is 0.571. The summed E-state index contributed by atoms with van der Waals surface area (Å²) in [5.74, 6) is -0.999. The number of piperidine rings is 1. The van der Waals surface area contributed by atoms with Crippen LogP contribution in [0.5, 0.6) is 0 Å². The van der Waals surface area contributed by atoms with Gasteiger partial charge >= 0.3 is 16.4 Å². The Balaban J connectivity index is 1.50. The van der Waals surface area contributed by atoms with E-state index in [2.05, 4.69) is 22.0 Å². The predicted molar refractivity (Wildman–Crippen MR) is 109 cm³/mol. The molecule has 1 aromatic carbocycles. The van der Waals surface area contributed by atoms with E-state index in [1.165, 1.54) is 23.8 Å². The molecule has 162 valence electrons. The third-order valence-corrected chi connectivity index (χ3v) is 7.73. The molecule has 2 aliphatic heterocycles. The molecule has 2 aromatic rings. The van der Waals surface area contributed by atoms with Gasteiger partial charge in [-0.2, -0.15) is 8.42 Å². The molecule has 0 radical (unpaired) electrons. The number of fused-ring (bicyclic) bond motifs is 6. The van der Waals surface area contributed by atoms with Crippen LogP contribution in [0.4, 0.5) is 0 Å². The summed E-state index contributed by atoms with van der Waals surface area (Å²) in [6, 6.07) is 8.42. The van der Waals surface area contributed by atoms with E-state index in [-0.39, 0.29) is 17.9 Å². The number of hydrogen-bond donors (Lipinski definition) is 2. The maximum atomic E-state index is 12.7. The van der Waals surface area contributed by atoms with Crippen LogP contribution in [0.2, 0.25) is 0 Å². The van der Waals surface area contributed by atoms with Crippen LogP contribution in [0, 0.1) is 17.8 Å². The lowest BCUT2D eigenvalue weighted by Crippen LogP contribution is -2.54. The largest absolute Gasteiger partial charge is 0.469 e. The molecule has 2 N–H and O–H groups in total. The van der Waals surface area contributed by atoms with Crippen molar-refractivity contribution in [2.45, 2.75) is 37.8 Å². The number of carbonyl (C=O) groups excluding carboxylic acids is 1. The zero-order valence-electron chi connectivity index (χ0n) is 16.8. The lowest BCUT2D eigenvalue weighted by atomic mass is 9.65. The Kier molecular flexibility index (Phi) is 4.89. The molecule has 2 fully saturated rings. The van der Waals surface area contributed by atoms with E-state index in [0.29, 0.717) is 6.42 Å². The van der Waals surface area contributed by atoms with Crippen molar-refractivity contribution in [3.63, 3.8) is 0 Å². The van der Waals surface area contributed by atoms with Gasteiger partial charge in [-0.1, -0.05) is 18.2 Å². The van der Waals surface area contributed by atoms with Gasteiger partial charge < -0.3 is 9.72 Å². The molecule has 5 rings (SSSR count). The standard InChI is InChI=1S/C21H26N2O6S/c1-28-21(24)19-15-10-17-20-14(13-4-2-3-5-16(13)22-20)8-9-23(17)11-12(15)6-7-18(19)29-30(25,26)27/h2-5,12,15,17-19,22H,6-11H2,1H3,(H,25,26,27)/t12-,15+,17+,18-,19+/m1/s1. The van der Waals surface area contributed by atoms with Crippen molar-refractivity contribution < 1.29 is 26.7 Å². The highest BCUT2D eigenvalue weighted by Gasteiger charge is 2.51. The van der Waals surface area contributed by atoms with Gasteiger partial charge in [0.25, 0.3) is 0 Å². The van der Waals surface area contributed by atoms with Crippen molar-refractivity contribution in [3.8, 4) is 0 Å². The molecule has 1 saturated heterocycles. The summed E-state index contributed by atoms with van der Waals surface area (Å²) in [4.78, 5) is 18.7. The highest BCUT2D eigenvalue weighted by atomic mass is 32.3. The number of H-pyrrole nitrogens is 1. The average molecular weight is 435 g/mol. The number of nitrogens with zero attached hydrogens (tertiary/aromatic N) is 1. The zero-order chi connectivity index (χ0) is 21.0. The Morgan fingerprint density at radius 2 is 2.07 bits per heavy atom. The van der Waals surface area contributed by atoms with Gasteiger partial charge in [-0.25, -0.2) is 4.18 Å². The molecule has 3 aliphatic rings. The molecule has 8 nitrogen and oxygen atoms in total. The zero-order valence-corrected chi connectivity index (χ0v) is 17.6. The highest BCUT2D eigenvalue weighted by Crippen LogP contribution is 2.50. The minimum Gasteiger partial charge on any atom is -0.469 e. The normalized spacial score (nSPS) is 31.6. The van der Waals surface area contributed by atoms with Crippen LogP contribution < -0.4 is 0 Å². The number of ether oxygens (including phenoxy) is 1. The molecule has 3 heterocycles. The van der Waals surface area contributed by atoms with Crippen LogP contribution in [0.3, 0.4) is 0 Å². The fourth-order valence-corrected chi connectivity index (χ4v) is 6.57. The maximum Gasteiger partial charge on any atom is 0.397 e. The Morgan fingerprint density at radius 1 is 1.27 bits per heavy atom. The number of methoxy groups -OCH3 is 1. The SMILES string of the molecule is COC(=O)[C@H]1[C@H]2C[C@H]3c4[nH]c5ccccc5c4CCN3C[C@H]2CC[C@H]1OS(=O)(=O)O. The smallest absolute Gasteiger partial charge is 0.397 e. The number of hydrogen-bond acceptors (Lipinski definition) is 6. The van der Waals surface area contributed by atoms with Crippen molar-refractivity contribution in [3.05, 3.63) is 35.5 Å². The minimum atomic E-state index is -4.65. The minimum absolute atomic E-state index is 0.0726. The van der Waals surface area contributed by atoms with Crippen molar-refractivity contribution >= 4 is 27.3 Å². The van der Waals surface area contributed by atoms with Gasteiger partial charge in [0.05, 0.1) is 25.2 Å². The molecule has 0 spiro atoms. The summed E-state index contributed by atoms with van der Waals surface area (Å²) in [7, 11) is -3.34. The van der Waals surface area contributed by atoms with Crippen LogP contribution in [0.15, 0.2) is 24.3 Å². The molecule has 0 unspecified atom stereocenters. The molecular weight excluding hydrogens is 408 g/mol. The van der Waals surface area contributed by atoms with E-state index in [4.69, 9.17) is 8.92 Å². The van der Waals surface area contributed by atoms with Crippen molar-refractivity contribution in [1.29, 1.82) is 0 Å². The Bertz CT molecular complexity index is 1080. The Hall–Kier alpha value is -1.94. The molecule has 1 aliphatic carbocycles. The molecule has 30 heavy (non-hydrogen) atoms. The molecule has 5 atom stereocenters. The second kappa shape index (κ2) is 7.33. The van der Waals surface area contributed by atoms with Crippen LogP contribution in [0.1, 0.15) is 36.6 Å². The lowest BCUT2D eigenvalue weighted by molar-refractivity contribution is -0.158. The summed E-state index contributed by atoms with van der Waals surface area (Å²) in [6.07, 6.45) is 1.96. The quantitative estimate of drug-likeness (QED) is 0.564. The number of benzene rings is 1. The van der Waals surface area contributed by atoms with Crippen LogP contribution >= 0.6 is 0 Å². The third kappa shape index (κ3) is 3.33. The van der Waals surface area contributed by atoms with Gasteiger partial charge in [-0.15, -0.1) is 0 Å². The lowest BCUT2D eigenvalue weighted by Gasteiger charge is -2.51. The van der Waals surface area contributed by atoms with Crippen molar-refractivity contribution in [2.24, 2.45) is 17.8 Å². The summed E-state index contributed by atoms with van der Waals surface area (Å²) >= 11 is 0. The fourth-order valence-electron chi connectivity index (χ4n) is 6.05. The number of aromatic nitrogens is 1. The molecule has 1 aromatic heterocycles. The first-order valence-corrected chi connectivity index (χ1v) is 11.8. The van der Waals surface area contributed by atoms with E-state index < -0.39 is 28.4 Å². The predicted octanol–water partition coefficient (Wildman–Crippen LogP) is 2.47. The van der Waals surface area contributed by atoms with Crippen molar-refractivity contribution in [2.75, 3.05) is 20.2 Å². The van der Waals surface area contributed by atoms with Crippen LogP contribution in [-0.2, 0) is 30.5 Å². The van der Waals surface area contributed by atoms with Gasteiger partial charge in [0.15, 0.2) is 0 Å². The van der Waals surface area contributed by atoms with E-state index in [1.54, 1.807) is 0 Å². The van der Waals surface area contributed by atoms with E-state index in [9.17, 15) is 17.8 Å². The molecule has 1 saturated carbocycles. The summed E-state index contributed by atoms with van der Waals surface area (Å²) in [5.41, 5.74) is 3.65. The van der Waals surface area contributed by atoms with Gasteiger partial charge in [0.1, 0.15) is 0 Å². The molecule has 9 heteroatoms. The number of nitrogens with one attached hydrogen (secondary N) is 1. The molecular formula is C21H26N2O6S. The maximum absolute atomic E-state index is 12.7. The number of para-hydroxylation sites is 1. The van der Waals surface area contributed by atoms with Gasteiger partial charge in [0.2, 0.25) is 0 Å². The molecule has 0 amide bonds. The first-order chi connectivity index (χ1) is 14.4. The highest BCUT2D eigenvalue weighted by molar-refractivity contribution is 7.80. The second-order valence-corrected chi connectivity index (χ2v) is 9.72. The Morgan fingerprint density at radius 3 is 2.83 bits per heavy atom. The summed E-state index contributed by atoms with van der Waals surface area (Å²) in [5, 5.41) is 1.25. The first-order valence-electron chi connectivity index (χ1n) is 10.4. The topological polar surface area (TPSA) is 109 Å². The number of rotatable bonds is 3. The van der Waals surface area contributed by atoms with Crippen molar-refractivity contribution in [1.82, 2.24) is 9.88 Å². The number of aromatic amines is 1. The number of esters is 1. The Labute approximate surface area is 175 Å². The van der Waals surface area contributed by atoms with E-state index in [1.807, 2.05) is 12.1 Å².